The van der Waals surface area contributed by atoms with E-state index in [2.05, 4.69) is 60.1 Å². The minimum Gasteiger partial charge on any atom is -0.0921 e. The lowest BCUT2D eigenvalue weighted by molar-refractivity contribution is 0.521. The summed E-state index contributed by atoms with van der Waals surface area (Å²) in [5, 5.41) is 1.07. The smallest absolute Gasteiger partial charge is 0.0100 e. The van der Waals surface area contributed by atoms with Gasteiger partial charge in [-0.05, 0) is 23.8 Å². The molecule has 0 spiro atoms. The summed E-state index contributed by atoms with van der Waals surface area (Å²) in [6, 6.07) is 10.8. The molecule has 0 aliphatic carbocycles. The Morgan fingerprint density at radius 2 is 1.71 bits per heavy atom. The van der Waals surface area contributed by atoms with Crippen LogP contribution < -0.4 is 0 Å². The molecular weight excluding hydrogens is 236 g/mol. The highest BCUT2D eigenvalue weighted by molar-refractivity contribution is 9.09. The second-order valence-electron chi connectivity index (χ2n) is 4.23. The number of rotatable bonds is 5. The van der Waals surface area contributed by atoms with Gasteiger partial charge in [-0.2, -0.15) is 0 Å². The third-order valence-electron chi connectivity index (χ3n) is 2.55. The fraction of sp³-hybridized carbons (Fsp3) is 0.538. The molecule has 14 heavy (non-hydrogen) atoms. The molecule has 1 atom stereocenters. The van der Waals surface area contributed by atoms with Crippen LogP contribution in [0.1, 0.15) is 38.2 Å². The van der Waals surface area contributed by atoms with Gasteiger partial charge in [-0.25, -0.2) is 0 Å². The van der Waals surface area contributed by atoms with Crippen LogP contribution in [0.15, 0.2) is 30.3 Å². The Kier molecular flexibility index (Phi) is 5.24. The van der Waals surface area contributed by atoms with Gasteiger partial charge in [0.1, 0.15) is 0 Å². The fourth-order valence-electron chi connectivity index (χ4n) is 1.59. The third kappa shape index (κ3) is 3.83. The average Bonchev–Trinajstić information content (AvgIpc) is 2.20. The summed E-state index contributed by atoms with van der Waals surface area (Å²) in [4.78, 5) is 0. The van der Waals surface area contributed by atoms with E-state index in [9.17, 15) is 0 Å². The summed E-state index contributed by atoms with van der Waals surface area (Å²) in [7, 11) is 0. The number of benzene rings is 1. The molecule has 78 valence electrons. The molecule has 1 rings (SSSR count). The molecule has 1 aromatic rings. The molecule has 0 fully saturated rings. The summed E-state index contributed by atoms with van der Waals surface area (Å²) >= 11 is 3.60. The van der Waals surface area contributed by atoms with Crippen molar-refractivity contribution in [1.82, 2.24) is 0 Å². The third-order valence-corrected chi connectivity index (χ3v) is 3.33. The van der Waals surface area contributed by atoms with E-state index < -0.39 is 0 Å². The van der Waals surface area contributed by atoms with Crippen molar-refractivity contribution in [1.29, 1.82) is 0 Å². The first-order chi connectivity index (χ1) is 6.74. The van der Waals surface area contributed by atoms with Crippen molar-refractivity contribution in [3.63, 3.8) is 0 Å². The minimum absolute atomic E-state index is 0.679. The van der Waals surface area contributed by atoms with Gasteiger partial charge in [-0.3, -0.25) is 0 Å². The molecule has 0 bridgehead atoms. The molecular formula is C13H19Br. The monoisotopic (exact) mass is 254 g/mol. The van der Waals surface area contributed by atoms with Gasteiger partial charge in [-0.15, -0.1) is 0 Å². The van der Waals surface area contributed by atoms with Crippen LogP contribution in [0, 0.1) is 5.92 Å². The van der Waals surface area contributed by atoms with E-state index in [1.807, 2.05) is 0 Å². The van der Waals surface area contributed by atoms with E-state index in [0.29, 0.717) is 5.92 Å². The van der Waals surface area contributed by atoms with E-state index in [1.165, 1.54) is 18.4 Å². The van der Waals surface area contributed by atoms with Gasteiger partial charge < -0.3 is 0 Å². The van der Waals surface area contributed by atoms with Crippen molar-refractivity contribution in [2.75, 3.05) is 5.33 Å². The number of alkyl halides is 1. The van der Waals surface area contributed by atoms with Crippen LogP contribution in [0.25, 0.3) is 0 Å². The Morgan fingerprint density at radius 3 is 2.21 bits per heavy atom. The second kappa shape index (κ2) is 6.23. The molecule has 1 heteroatoms. The molecule has 1 unspecified atom stereocenters. The summed E-state index contributed by atoms with van der Waals surface area (Å²) in [5.74, 6) is 1.49. The van der Waals surface area contributed by atoms with Gasteiger partial charge in [-0.1, -0.05) is 66.5 Å². The molecule has 0 heterocycles. The first kappa shape index (κ1) is 11.8. The van der Waals surface area contributed by atoms with Crippen molar-refractivity contribution in [2.45, 2.75) is 32.6 Å². The summed E-state index contributed by atoms with van der Waals surface area (Å²) in [6.07, 6.45) is 2.60. The zero-order valence-corrected chi connectivity index (χ0v) is 10.6. The van der Waals surface area contributed by atoms with Crippen LogP contribution >= 0.6 is 15.9 Å². The first-order valence-electron chi connectivity index (χ1n) is 5.35. The highest BCUT2D eigenvalue weighted by atomic mass is 79.9. The Bertz CT molecular complexity index is 241. The van der Waals surface area contributed by atoms with E-state index in [1.54, 1.807) is 0 Å². The van der Waals surface area contributed by atoms with Gasteiger partial charge in [0.15, 0.2) is 0 Å². The van der Waals surface area contributed by atoms with Crippen molar-refractivity contribution in [3.05, 3.63) is 35.9 Å². The van der Waals surface area contributed by atoms with Crippen LogP contribution in [0.5, 0.6) is 0 Å². The van der Waals surface area contributed by atoms with Crippen LogP contribution in [0.3, 0.4) is 0 Å². The van der Waals surface area contributed by atoms with Crippen LogP contribution in [0.2, 0.25) is 0 Å². The first-order valence-corrected chi connectivity index (χ1v) is 6.47. The maximum atomic E-state index is 3.60. The molecule has 0 aliphatic heterocycles. The number of halogens is 1. The predicted octanol–water partition coefficient (Wildman–Crippen LogP) is 4.60. The number of hydrogen-bond donors (Lipinski definition) is 0. The fourth-order valence-corrected chi connectivity index (χ4v) is 2.29. The zero-order valence-electron chi connectivity index (χ0n) is 9.04. The Hall–Kier alpha value is -0.300. The minimum atomic E-state index is 0.679. The van der Waals surface area contributed by atoms with E-state index in [4.69, 9.17) is 0 Å². The molecule has 0 saturated carbocycles. The topological polar surface area (TPSA) is 0 Å². The SMILES string of the molecule is CC(C)CCC(CBr)c1ccccc1. The van der Waals surface area contributed by atoms with Crippen LogP contribution in [0.4, 0.5) is 0 Å². The second-order valence-corrected chi connectivity index (χ2v) is 4.88. The predicted molar refractivity (Wildman–Crippen MR) is 67.0 cm³/mol. The maximum Gasteiger partial charge on any atom is 0.0100 e. The lowest BCUT2D eigenvalue weighted by atomic mass is 9.93. The van der Waals surface area contributed by atoms with Crippen molar-refractivity contribution in [2.24, 2.45) is 5.92 Å². The molecule has 0 amide bonds. The number of hydrogen-bond acceptors (Lipinski definition) is 0. The average molecular weight is 255 g/mol. The molecule has 0 saturated heterocycles. The zero-order chi connectivity index (χ0) is 10.4. The lowest BCUT2D eigenvalue weighted by Gasteiger charge is -2.15. The van der Waals surface area contributed by atoms with E-state index >= 15 is 0 Å². The maximum absolute atomic E-state index is 3.60. The molecule has 0 nitrogen and oxygen atoms in total. The standard InChI is InChI=1S/C13H19Br/c1-11(2)8-9-13(10-14)12-6-4-3-5-7-12/h3-7,11,13H,8-10H2,1-2H3. The van der Waals surface area contributed by atoms with Crippen LogP contribution in [-0.2, 0) is 0 Å². The largest absolute Gasteiger partial charge is 0.0921 e. The van der Waals surface area contributed by atoms with E-state index in [-0.39, 0.29) is 0 Å². The van der Waals surface area contributed by atoms with Crippen LogP contribution in [-0.4, -0.2) is 5.33 Å². The summed E-state index contributed by atoms with van der Waals surface area (Å²) in [5.41, 5.74) is 1.46. The van der Waals surface area contributed by atoms with Gasteiger partial charge in [0.25, 0.3) is 0 Å². The highest BCUT2D eigenvalue weighted by Crippen LogP contribution is 2.24. The van der Waals surface area contributed by atoms with Gasteiger partial charge in [0.2, 0.25) is 0 Å². The van der Waals surface area contributed by atoms with Gasteiger partial charge in [0, 0.05) is 5.33 Å². The highest BCUT2D eigenvalue weighted by Gasteiger charge is 2.09. The summed E-state index contributed by atoms with van der Waals surface area (Å²) in [6.45, 7) is 4.58. The quantitative estimate of drug-likeness (QED) is 0.674. The molecule has 0 aliphatic rings. The van der Waals surface area contributed by atoms with Gasteiger partial charge >= 0.3 is 0 Å². The Labute approximate surface area is 95.9 Å². The molecule has 0 radical (unpaired) electrons. The molecule has 0 N–H and O–H groups in total. The van der Waals surface area contributed by atoms with Crippen molar-refractivity contribution in [3.8, 4) is 0 Å². The lowest BCUT2D eigenvalue weighted by Crippen LogP contribution is -2.02. The Morgan fingerprint density at radius 1 is 1.07 bits per heavy atom. The molecule has 1 aromatic carbocycles. The molecule has 0 aromatic heterocycles. The van der Waals surface area contributed by atoms with Crippen molar-refractivity contribution >= 4 is 15.9 Å². The normalized spacial score (nSPS) is 13.1. The van der Waals surface area contributed by atoms with Gasteiger partial charge in [0.05, 0.1) is 0 Å². The summed E-state index contributed by atoms with van der Waals surface area (Å²) < 4.78 is 0. The van der Waals surface area contributed by atoms with Crippen molar-refractivity contribution < 1.29 is 0 Å². The Balaban J connectivity index is 2.54. The van der Waals surface area contributed by atoms with E-state index in [0.717, 1.165) is 11.2 Å².